The van der Waals surface area contributed by atoms with E-state index in [1.165, 1.54) is 0 Å². The van der Waals surface area contributed by atoms with Gasteiger partial charge >= 0.3 is 0 Å². The van der Waals surface area contributed by atoms with Gasteiger partial charge in [0, 0.05) is 17.5 Å². The Labute approximate surface area is 166 Å². The van der Waals surface area contributed by atoms with Crippen LogP contribution in [-0.2, 0) is 10.2 Å². The van der Waals surface area contributed by atoms with Gasteiger partial charge in [0.2, 0.25) is 23.4 Å². The zero-order chi connectivity index (χ0) is 20.4. The summed E-state index contributed by atoms with van der Waals surface area (Å²) in [5.41, 5.74) is -0.649. The molecule has 0 aromatic carbocycles. The van der Waals surface area contributed by atoms with Gasteiger partial charge in [0.05, 0.1) is 19.2 Å². The lowest BCUT2D eigenvalue weighted by molar-refractivity contribution is -0.130. The van der Waals surface area contributed by atoms with Crippen molar-refractivity contribution in [3.8, 4) is 0 Å². The van der Waals surface area contributed by atoms with Crippen LogP contribution < -0.4 is 5.32 Å². The number of aliphatic hydroxyl groups excluding tert-OH is 1. The number of nitrogens with one attached hydrogen (secondary N) is 1. The Morgan fingerprint density at radius 2 is 2.04 bits per heavy atom. The summed E-state index contributed by atoms with van der Waals surface area (Å²) in [5.74, 6) is 0.123. The van der Waals surface area contributed by atoms with Crippen LogP contribution in [0.1, 0.15) is 82.2 Å². The number of carbonyl (C=O) groups excluding carboxylic acids is 2. The minimum Gasteiger partial charge on any atom is -0.394 e. The third-order valence-corrected chi connectivity index (χ3v) is 6.46. The summed E-state index contributed by atoms with van der Waals surface area (Å²) in [6, 6.07) is -0.543. The van der Waals surface area contributed by atoms with Gasteiger partial charge in [-0.1, -0.05) is 38.8 Å². The fourth-order valence-electron chi connectivity index (χ4n) is 4.04. The molecule has 2 fully saturated rings. The topological polar surface area (TPSA) is 109 Å². The maximum absolute atomic E-state index is 12.9. The highest BCUT2D eigenvalue weighted by molar-refractivity contribution is 5.99. The van der Waals surface area contributed by atoms with Crippen LogP contribution in [-0.4, -0.2) is 63.1 Å². The van der Waals surface area contributed by atoms with E-state index in [9.17, 15) is 14.7 Å². The summed E-state index contributed by atoms with van der Waals surface area (Å²) in [4.78, 5) is 31.6. The zero-order valence-electron chi connectivity index (χ0n) is 17.2. The molecule has 1 amide bonds. The van der Waals surface area contributed by atoms with Crippen LogP contribution in [0.2, 0.25) is 0 Å². The van der Waals surface area contributed by atoms with Gasteiger partial charge in [-0.25, -0.2) is 0 Å². The fraction of sp³-hybridized carbons (Fsp3) is 0.800. The summed E-state index contributed by atoms with van der Waals surface area (Å²) in [7, 11) is 0. The number of likely N-dealkylation sites (tertiary alicyclic amines) is 1. The van der Waals surface area contributed by atoms with E-state index in [0.717, 1.165) is 38.5 Å². The Morgan fingerprint density at radius 3 is 2.68 bits per heavy atom. The number of rotatable bonds is 8. The molecule has 8 nitrogen and oxygen atoms in total. The van der Waals surface area contributed by atoms with Crippen molar-refractivity contribution in [1.82, 2.24) is 20.4 Å². The molecule has 0 bridgehead atoms. The van der Waals surface area contributed by atoms with E-state index < -0.39 is 6.04 Å². The average molecular weight is 393 g/mol. The molecule has 28 heavy (non-hydrogen) atoms. The second-order valence-electron chi connectivity index (χ2n) is 8.77. The molecule has 8 heteroatoms. The van der Waals surface area contributed by atoms with E-state index >= 15 is 0 Å². The molecule has 1 aromatic rings. The standard InChI is InChI=1S/C20H32N4O4/c1-4-19(2,3)18-22-17(23-28-18)16(27)14-8-7-11-24(14)15(26)12-21-20(13-25)9-5-6-10-20/h14,21,25H,4-13H2,1-3H3. The second kappa shape index (κ2) is 8.29. The van der Waals surface area contributed by atoms with Gasteiger partial charge in [0.15, 0.2) is 0 Å². The van der Waals surface area contributed by atoms with Crippen LogP contribution in [0.4, 0.5) is 0 Å². The third kappa shape index (κ3) is 4.12. The van der Waals surface area contributed by atoms with Crippen molar-refractivity contribution in [3.05, 3.63) is 11.7 Å². The molecule has 1 saturated heterocycles. The first-order valence-corrected chi connectivity index (χ1v) is 10.4. The molecule has 2 heterocycles. The van der Waals surface area contributed by atoms with Gasteiger partial charge in [-0.2, -0.15) is 4.98 Å². The first-order valence-electron chi connectivity index (χ1n) is 10.4. The lowest BCUT2D eigenvalue weighted by Crippen LogP contribution is -2.52. The van der Waals surface area contributed by atoms with Crippen LogP contribution in [0.25, 0.3) is 0 Å². The van der Waals surface area contributed by atoms with Crippen molar-refractivity contribution < 1.29 is 19.2 Å². The monoisotopic (exact) mass is 392 g/mol. The number of carbonyl (C=O) groups is 2. The molecule has 0 spiro atoms. The number of hydrogen-bond donors (Lipinski definition) is 2. The van der Waals surface area contributed by atoms with Crippen LogP contribution in [0.15, 0.2) is 4.52 Å². The maximum Gasteiger partial charge on any atom is 0.240 e. The Kier molecular flexibility index (Phi) is 6.19. The molecule has 2 aliphatic rings. The molecule has 1 aliphatic heterocycles. The third-order valence-electron chi connectivity index (χ3n) is 6.46. The van der Waals surface area contributed by atoms with E-state index in [4.69, 9.17) is 4.52 Å². The first kappa shape index (κ1) is 20.9. The number of ketones is 1. The van der Waals surface area contributed by atoms with Crippen LogP contribution in [0.5, 0.6) is 0 Å². The predicted molar refractivity (Wildman–Crippen MR) is 103 cm³/mol. The van der Waals surface area contributed by atoms with Crippen molar-refractivity contribution in [3.63, 3.8) is 0 Å². The molecular weight excluding hydrogens is 360 g/mol. The van der Waals surface area contributed by atoms with Gasteiger partial charge in [0.25, 0.3) is 0 Å². The summed E-state index contributed by atoms with van der Waals surface area (Å²) < 4.78 is 5.31. The summed E-state index contributed by atoms with van der Waals surface area (Å²) >= 11 is 0. The molecule has 1 saturated carbocycles. The Bertz CT molecular complexity index is 709. The molecule has 1 aromatic heterocycles. The van der Waals surface area contributed by atoms with Crippen LogP contribution >= 0.6 is 0 Å². The Hall–Kier alpha value is -1.80. The normalized spacial score (nSPS) is 22.0. The highest BCUT2D eigenvalue weighted by Gasteiger charge is 2.39. The van der Waals surface area contributed by atoms with Gasteiger partial charge in [-0.15, -0.1) is 0 Å². The van der Waals surface area contributed by atoms with Gasteiger partial charge in [-0.3, -0.25) is 9.59 Å². The van der Waals surface area contributed by atoms with E-state index in [0.29, 0.717) is 18.9 Å². The smallest absolute Gasteiger partial charge is 0.240 e. The Balaban J connectivity index is 1.65. The molecule has 2 N–H and O–H groups in total. The summed E-state index contributed by atoms with van der Waals surface area (Å²) in [6.45, 7) is 6.72. The number of aliphatic hydroxyl groups is 1. The number of amides is 1. The molecule has 1 atom stereocenters. The van der Waals surface area contributed by atoms with Crippen LogP contribution in [0, 0.1) is 0 Å². The molecule has 156 valence electrons. The largest absolute Gasteiger partial charge is 0.394 e. The summed E-state index contributed by atoms with van der Waals surface area (Å²) in [6.07, 6.45) is 6.06. The van der Waals surface area contributed by atoms with E-state index in [-0.39, 0.29) is 41.6 Å². The van der Waals surface area contributed by atoms with E-state index in [1.54, 1.807) is 4.90 Å². The highest BCUT2D eigenvalue weighted by Crippen LogP contribution is 2.29. The number of Topliss-reactive ketones (excluding diaryl/α,β-unsaturated/α-hetero) is 1. The Morgan fingerprint density at radius 1 is 1.32 bits per heavy atom. The average Bonchev–Trinajstić information content (AvgIpc) is 3.46. The van der Waals surface area contributed by atoms with Gasteiger partial charge in [-0.05, 0) is 32.1 Å². The maximum atomic E-state index is 12.9. The van der Waals surface area contributed by atoms with Crippen molar-refractivity contribution in [1.29, 1.82) is 0 Å². The van der Waals surface area contributed by atoms with E-state index in [2.05, 4.69) is 15.5 Å². The van der Waals surface area contributed by atoms with E-state index in [1.807, 2.05) is 20.8 Å². The predicted octanol–water partition coefficient (Wildman–Crippen LogP) is 1.83. The lowest BCUT2D eigenvalue weighted by Gasteiger charge is -2.30. The zero-order valence-corrected chi connectivity index (χ0v) is 17.2. The highest BCUT2D eigenvalue weighted by atomic mass is 16.5. The number of aromatic nitrogens is 2. The van der Waals surface area contributed by atoms with Crippen molar-refractivity contribution in [2.24, 2.45) is 0 Å². The molecule has 0 radical (unpaired) electrons. The van der Waals surface area contributed by atoms with Crippen LogP contribution in [0.3, 0.4) is 0 Å². The SMILES string of the molecule is CCC(C)(C)c1nc(C(=O)C2CCCN2C(=O)CNC2(CO)CCCC2)no1. The quantitative estimate of drug-likeness (QED) is 0.650. The molecule has 1 unspecified atom stereocenters. The van der Waals surface area contributed by atoms with Crippen molar-refractivity contribution >= 4 is 11.7 Å². The molecular formula is C20H32N4O4. The number of nitrogens with zero attached hydrogens (tertiary/aromatic N) is 3. The second-order valence-corrected chi connectivity index (χ2v) is 8.77. The number of hydrogen-bond acceptors (Lipinski definition) is 7. The first-order chi connectivity index (χ1) is 13.3. The summed E-state index contributed by atoms with van der Waals surface area (Å²) in [5, 5.41) is 16.8. The minimum atomic E-state index is -0.543. The van der Waals surface area contributed by atoms with Crippen molar-refractivity contribution in [2.75, 3.05) is 19.7 Å². The lowest BCUT2D eigenvalue weighted by atomic mass is 9.90. The van der Waals surface area contributed by atoms with Crippen molar-refractivity contribution in [2.45, 2.75) is 82.7 Å². The molecule has 3 rings (SSSR count). The minimum absolute atomic E-state index is 0.0293. The fourth-order valence-corrected chi connectivity index (χ4v) is 4.04. The molecule has 1 aliphatic carbocycles. The van der Waals surface area contributed by atoms with Gasteiger partial charge in [0.1, 0.15) is 0 Å². The van der Waals surface area contributed by atoms with Gasteiger partial charge < -0.3 is 19.8 Å².